The van der Waals surface area contributed by atoms with Crippen LogP contribution >= 0.6 is 24.0 Å². The molecule has 0 saturated carbocycles. The lowest BCUT2D eigenvalue weighted by molar-refractivity contribution is 0.0487. The van der Waals surface area contributed by atoms with Crippen LogP contribution in [-0.2, 0) is 22.6 Å². The Balaban J connectivity index is 0.00000450. The number of halogens is 1. The van der Waals surface area contributed by atoms with Crippen molar-refractivity contribution < 1.29 is 9.47 Å². The third-order valence-corrected chi connectivity index (χ3v) is 4.50. The molecule has 0 radical (unpaired) electrons. The van der Waals surface area contributed by atoms with Gasteiger partial charge in [-0.3, -0.25) is 4.99 Å². The lowest BCUT2D eigenvalue weighted by Crippen LogP contribution is -2.38. The van der Waals surface area contributed by atoms with E-state index in [9.17, 15) is 0 Å². The second-order valence-corrected chi connectivity index (χ2v) is 6.85. The van der Waals surface area contributed by atoms with E-state index in [1.54, 1.807) is 7.05 Å². The molecule has 0 aliphatic carbocycles. The van der Waals surface area contributed by atoms with Crippen molar-refractivity contribution in [2.75, 3.05) is 40.0 Å². The Kier molecular flexibility index (Phi) is 14.2. The molecular formula is C22H36IN5O2. The number of nitrogens with one attached hydrogen (secondary N) is 2. The summed E-state index contributed by atoms with van der Waals surface area (Å²) in [5, 5.41) is 6.62. The van der Waals surface area contributed by atoms with Crippen molar-refractivity contribution >= 4 is 29.9 Å². The van der Waals surface area contributed by atoms with Gasteiger partial charge in [-0.05, 0) is 24.5 Å². The number of ether oxygens (including phenoxy) is 2. The number of unbranched alkanes of at least 4 members (excludes halogenated alkanes) is 1. The van der Waals surface area contributed by atoms with Crippen LogP contribution in [0.1, 0.15) is 36.7 Å². The van der Waals surface area contributed by atoms with E-state index in [4.69, 9.17) is 9.47 Å². The number of nitrogens with zero attached hydrogens (tertiary/aromatic N) is 3. The molecule has 0 aliphatic rings. The summed E-state index contributed by atoms with van der Waals surface area (Å²) in [4.78, 5) is 8.55. The highest BCUT2D eigenvalue weighted by Crippen LogP contribution is 2.08. The van der Waals surface area contributed by atoms with E-state index in [-0.39, 0.29) is 24.0 Å². The zero-order chi connectivity index (χ0) is 20.7. The predicted molar refractivity (Wildman–Crippen MR) is 133 cm³/mol. The molecule has 0 unspecified atom stereocenters. The van der Waals surface area contributed by atoms with Crippen LogP contribution in [-0.4, -0.2) is 55.5 Å². The molecule has 2 rings (SSSR count). The molecule has 0 aliphatic heterocycles. The summed E-state index contributed by atoms with van der Waals surface area (Å²) in [6, 6.07) is 8.55. The summed E-state index contributed by atoms with van der Waals surface area (Å²) in [7, 11) is 1.77. The van der Waals surface area contributed by atoms with E-state index >= 15 is 0 Å². The molecule has 1 heterocycles. The summed E-state index contributed by atoms with van der Waals surface area (Å²) in [5.41, 5.74) is 2.46. The summed E-state index contributed by atoms with van der Waals surface area (Å²) >= 11 is 0. The van der Waals surface area contributed by atoms with E-state index in [1.165, 1.54) is 11.1 Å². The molecule has 0 saturated heterocycles. The summed E-state index contributed by atoms with van der Waals surface area (Å²) in [6.07, 6.45) is 6.10. The Hall–Kier alpha value is -1.65. The first-order valence-electron chi connectivity index (χ1n) is 10.4. The van der Waals surface area contributed by atoms with Gasteiger partial charge in [0.25, 0.3) is 0 Å². The molecular weight excluding hydrogens is 493 g/mol. The molecule has 8 heteroatoms. The minimum absolute atomic E-state index is 0. The number of hydrogen-bond donors (Lipinski definition) is 2. The quantitative estimate of drug-likeness (QED) is 0.180. The number of aromatic nitrogens is 2. The fraction of sp³-hybridized carbons (Fsp3) is 0.545. The minimum Gasteiger partial charge on any atom is -0.379 e. The molecule has 168 valence electrons. The Morgan fingerprint density at radius 1 is 1.10 bits per heavy atom. The topological polar surface area (TPSA) is 72.7 Å². The first-order valence-corrected chi connectivity index (χ1v) is 10.4. The van der Waals surface area contributed by atoms with Gasteiger partial charge in [0, 0.05) is 45.7 Å². The molecule has 0 amide bonds. The number of guanidine groups is 1. The molecule has 30 heavy (non-hydrogen) atoms. The Morgan fingerprint density at radius 3 is 2.57 bits per heavy atom. The highest BCUT2D eigenvalue weighted by molar-refractivity contribution is 14.0. The molecule has 0 fully saturated rings. The molecule has 0 atom stereocenters. The summed E-state index contributed by atoms with van der Waals surface area (Å²) in [6.45, 7) is 9.14. The standard InChI is InChI=1S/C22H35N5O2.HI/c1-4-5-12-28-14-15-29-13-10-25-22(23-3)26-17-20-7-6-8-21(16-20)18-27-11-9-24-19(27)2;/h6-9,11,16H,4-5,10,12-15,17-18H2,1-3H3,(H2,23,25,26);1H. The first kappa shape index (κ1) is 26.4. The van der Waals surface area contributed by atoms with Gasteiger partial charge < -0.3 is 24.7 Å². The SMILES string of the molecule is CCCCOCCOCCNC(=NC)NCc1cccc(Cn2ccnc2C)c1.I. The van der Waals surface area contributed by atoms with Crippen molar-refractivity contribution in [1.29, 1.82) is 0 Å². The highest BCUT2D eigenvalue weighted by atomic mass is 127. The smallest absolute Gasteiger partial charge is 0.191 e. The average Bonchev–Trinajstić information content (AvgIpc) is 3.13. The van der Waals surface area contributed by atoms with Crippen LogP contribution in [0.4, 0.5) is 0 Å². The van der Waals surface area contributed by atoms with Crippen molar-refractivity contribution in [3.63, 3.8) is 0 Å². The van der Waals surface area contributed by atoms with Crippen LogP contribution in [0.15, 0.2) is 41.7 Å². The third-order valence-electron chi connectivity index (χ3n) is 4.50. The molecule has 1 aromatic heterocycles. The average molecular weight is 529 g/mol. The van der Waals surface area contributed by atoms with Gasteiger partial charge in [-0.1, -0.05) is 37.6 Å². The van der Waals surface area contributed by atoms with Crippen molar-refractivity contribution in [2.45, 2.75) is 39.8 Å². The van der Waals surface area contributed by atoms with E-state index in [2.05, 4.69) is 56.4 Å². The molecule has 1 aromatic carbocycles. The van der Waals surface area contributed by atoms with Crippen LogP contribution in [0.25, 0.3) is 0 Å². The van der Waals surface area contributed by atoms with Crippen LogP contribution in [0.2, 0.25) is 0 Å². The normalized spacial score (nSPS) is 11.2. The van der Waals surface area contributed by atoms with Crippen molar-refractivity contribution in [3.05, 3.63) is 53.6 Å². The van der Waals surface area contributed by atoms with Gasteiger partial charge in [-0.25, -0.2) is 4.98 Å². The maximum atomic E-state index is 5.57. The lowest BCUT2D eigenvalue weighted by atomic mass is 10.1. The minimum atomic E-state index is 0. The van der Waals surface area contributed by atoms with Gasteiger partial charge in [0.2, 0.25) is 0 Å². The number of rotatable bonds is 13. The third kappa shape index (κ3) is 10.4. The van der Waals surface area contributed by atoms with E-state index < -0.39 is 0 Å². The fourth-order valence-electron chi connectivity index (χ4n) is 2.82. The predicted octanol–water partition coefficient (Wildman–Crippen LogP) is 3.36. The fourth-order valence-corrected chi connectivity index (χ4v) is 2.82. The van der Waals surface area contributed by atoms with E-state index in [1.807, 2.05) is 19.3 Å². The summed E-state index contributed by atoms with van der Waals surface area (Å²) < 4.78 is 13.2. The van der Waals surface area contributed by atoms with Gasteiger partial charge >= 0.3 is 0 Å². The lowest BCUT2D eigenvalue weighted by Gasteiger charge is -2.13. The van der Waals surface area contributed by atoms with Crippen LogP contribution in [0.3, 0.4) is 0 Å². The Labute approximate surface area is 197 Å². The monoisotopic (exact) mass is 529 g/mol. The maximum absolute atomic E-state index is 5.57. The molecule has 0 bridgehead atoms. The first-order chi connectivity index (χ1) is 14.2. The highest BCUT2D eigenvalue weighted by Gasteiger charge is 2.02. The largest absolute Gasteiger partial charge is 0.379 e. The van der Waals surface area contributed by atoms with Gasteiger partial charge in [0.1, 0.15) is 5.82 Å². The van der Waals surface area contributed by atoms with Gasteiger partial charge in [0.15, 0.2) is 5.96 Å². The number of benzene rings is 1. The van der Waals surface area contributed by atoms with Crippen LogP contribution in [0, 0.1) is 6.92 Å². The zero-order valence-electron chi connectivity index (χ0n) is 18.4. The van der Waals surface area contributed by atoms with Crippen molar-refractivity contribution in [3.8, 4) is 0 Å². The zero-order valence-corrected chi connectivity index (χ0v) is 20.7. The number of hydrogen-bond acceptors (Lipinski definition) is 4. The Morgan fingerprint density at radius 2 is 1.87 bits per heavy atom. The van der Waals surface area contributed by atoms with Crippen molar-refractivity contribution in [1.82, 2.24) is 20.2 Å². The van der Waals surface area contributed by atoms with Crippen LogP contribution in [0.5, 0.6) is 0 Å². The van der Waals surface area contributed by atoms with E-state index in [0.717, 1.165) is 37.8 Å². The van der Waals surface area contributed by atoms with Gasteiger partial charge in [-0.15, -0.1) is 24.0 Å². The van der Waals surface area contributed by atoms with E-state index in [0.29, 0.717) is 32.9 Å². The Bertz CT molecular complexity index is 736. The second kappa shape index (κ2) is 16.1. The molecule has 7 nitrogen and oxygen atoms in total. The molecule has 0 spiro atoms. The number of aliphatic imine (C=N–C) groups is 1. The maximum Gasteiger partial charge on any atom is 0.191 e. The van der Waals surface area contributed by atoms with Gasteiger partial charge in [-0.2, -0.15) is 0 Å². The molecule has 2 N–H and O–H groups in total. The van der Waals surface area contributed by atoms with Gasteiger partial charge in [0.05, 0.1) is 19.8 Å². The molecule has 2 aromatic rings. The number of aryl methyl sites for hydroxylation is 1. The number of imidazole rings is 1. The van der Waals surface area contributed by atoms with Crippen LogP contribution < -0.4 is 10.6 Å². The summed E-state index contributed by atoms with van der Waals surface area (Å²) in [5.74, 6) is 1.79. The second-order valence-electron chi connectivity index (χ2n) is 6.85. The van der Waals surface area contributed by atoms with Crippen molar-refractivity contribution in [2.24, 2.45) is 4.99 Å².